The minimum absolute atomic E-state index is 0.0612. The van der Waals surface area contributed by atoms with Gasteiger partial charge in [0.1, 0.15) is 5.25 Å². The zero-order chi connectivity index (χ0) is 22.3. The van der Waals surface area contributed by atoms with Crippen molar-refractivity contribution < 1.29 is 9.59 Å². The zero-order valence-electron chi connectivity index (χ0n) is 17.3. The number of hydrogen-bond acceptors (Lipinski definition) is 4. The van der Waals surface area contributed by atoms with Gasteiger partial charge in [-0.05, 0) is 42.3 Å². The van der Waals surface area contributed by atoms with E-state index < -0.39 is 5.25 Å². The molecule has 2 amide bonds. The van der Waals surface area contributed by atoms with Crippen LogP contribution < -0.4 is 5.32 Å². The third kappa shape index (κ3) is 5.78. The number of amidine groups is 1. The Morgan fingerprint density at radius 1 is 1.00 bits per heavy atom. The van der Waals surface area contributed by atoms with Crippen molar-refractivity contribution in [1.29, 1.82) is 0 Å². The summed E-state index contributed by atoms with van der Waals surface area (Å²) in [6.45, 7) is 0.508. The van der Waals surface area contributed by atoms with Gasteiger partial charge in [0.05, 0.1) is 5.69 Å². The average Bonchev–Trinajstić information content (AvgIpc) is 3.07. The molecule has 1 N–H and O–H groups in total. The van der Waals surface area contributed by atoms with E-state index in [0.29, 0.717) is 28.8 Å². The van der Waals surface area contributed by atoms with Crippen molar-refractivity contribution in [2.24, 2.45) is 4.99 Å². The summed E-state index contributed by atoms with van der Waals surface area (Å²) >= 11 is 7.33. The Bertz CT molecular complexity index is 1120. The predicted octanol–water partition coefficient (Wildman–Crippen LogP) is 5.54. The summed E-state index contributed by atoms with van der Waals surface area (Å²) in [4.78, 5) is 32.2. The number of nitrogens with one attached hydrogen (secondary N) is 1. The second-order valence-corrected chi connectivity index (χ2v) is 8.93. The molecule has 32 heavy (non-hydrogen) atoms. The number of hydrogen-bond donors (Lipinski definition) is 1. The summed E-state index contributed by atoms with van der Waals surface area (Å²) in [5.74, 6) is -0.330. The van der Waals surface area contributed by atoms with Gasteiger partial charge >= 0.3 is 0 Å². The van der Waals surface area contributed by atoms with E-state index in [1.807, 2.05) is 60.7 Å². The molecule has 0 aromatic heterocycles. The lowest BCUT2D eigenvalue weighted by Crippen LogP contribution is -2.35. The first-order chi connectivity index (χ1) is 15.6. The van der Waals surface area contributed by atoms with Gasteiger partial charge in [0, 0.05) is 23.7 Å². The van der Waals surface area contributed by atoms with Crippen molar-refractivity contribution in [3.8, 4) is 0 Å². The Morgan fingerprint density at radius 2 is 1.72 bits per heavy atom. The van der Waals surface area contributed by atoms with Crippen molar-refractivity contribution in [2.75, 3.05) is 11.9 Å². The van der Waals surface area contributed by atoms with E-state index in [0.717, 1.165) is 11.3 Å². The second-order valence-electron chi connectivity index (χ2n) is 7.32. The lowest BCUT2D eigenvalue weighted by Gasteiger charge is -2.16. The van der Waals surface area contributed by atoms with Gasteiger partial charge in [-0.15, -0.1) is 0 Å². The van der Waals surface area contributed by atoms with Gasteiger partial charge in [0.2, 0.25) is 11.8 Å². The van der Waals surface area contributed by atoms with E-state index in [2.05, 4.69) is 5.32 Å². The highest BCUT2D eigenvalue weighted by Crippen LogP contribution is 2.32. The van der Waals surface area contributed by atoms with Crippen LogP contribution >= 0.6 is 23.4 Å². The Morgan fingerprint density at radius 3 is 2.44 bits per heavy atom. The summed E-state index contributed by atoms with van der Waals surface area (Å²) in [5.41, 5.74) is 2.53. The first-order valence-electron chi connectivity index (χ1n) is 10.3. The molecule has 3 aromatic carbocycles. The number of para-hydroxylation sites is 1. The van der Waals surface area contributed by atoms with E-state index in [1.54, 1.807) is 29.2 Å². The van der Waals surface area contributed by atoms with E-state index in [4.69, 9.17) is 16.6 Å². The number of carbonyl (C=O) groups is 2. The minimum Gasteiger partial charge on any atom is -0.326 e. The van der Waals surface area contributed by atoms with E-state index in [9.17, 15) is 9.59 Å². The summed E-state index contributed by atoms with van der Waals surface area (Å²) in [7, 11) is 0. The molecular weight excluding hydrogens is 442 g/mol. The summed E-state index contributed by atoms with van der Waals surface area (Å²) in [6.07, 6.45) is 0.772. The Hall–Kier alpha value is -3.09. The Balaban J connectivity index is 1.49. The second kappa shape index (κ2) is 10.5. The van der Waals surface area contributed by atoms with Gasteiger partial charge in [-0.1, -0.05) is 78.0 Å². The fourth-order valence-electron chi connectivity index (χ4n) is 3.38. The highest BCUT2D eigenvalue weighted by Gasteiger charge is 2.39. The van der Waals surface area contributed by atoms with Crippen molar-refractivity contribution in [3.05, 3.63) is 95.5 Å². The molecule has 5 nitrogen and oxygen atoms in total. The first-order valence-corrected chi connectivity index (χ1v) is 11.6. The van der Waals surface area contributed by atoms with Gasteiger partial charge in [0.25, 0.3) is 0 Å². The molecule has 1 fully saturated rings. The number of anilines is 1. The number of aliphatic imine (C=N–C) groups is 1. The highest BCUT2D eigenvalue weighted by molar-refractivity contribution is 8.15. The maximum Gasteiger partial charge on any atom is 0.242 e. The molecule has 4 rings (SSSR count). The summed E-state index contributed by atoms with van der Waals surface area (Å²) in [5, 5.41) is 3.46. The fourth-order valence-corrected chi connectivity index (χ4v) is 4.75. The van der Waals surface area contributed by atoms with Gasteiger partial charge in [-0.25, -0.2) is 4.99 Å². The third-order valence-electron chi connectivity index (χ3n) is 4.95. The summed E-state index contributed by atoms with van der Waals surface area (Å²) in [6, 6.07) is 26.5. The maximum atomic E-state index is 13.2. The van der Waals surface area contributed by atoms with Crippen molar-refractivity contribution in [2.45, 2.75) is 18.1 Å². The van der Waals surface area contributed by atoms with Gasteiger partial charge in [-0.3, -0.25) is 14.5 Å². The smallest absolute Gasteiger partial charge is 0.242 e. The summed E-state index contributed by atoms with van der Waals surface area (Å²) < 4.78 is 0. The van der Waals surface area contributed by atoms with Crippen molar-refractivity contribution in [1.82, 2.24) is 4.90 Å². The average molecular weight is 464 g/mol. The van der Waals surface area contributed by atoms with Gasteiger partial charge < -0.3 is 5.32 Å². The molecule has 7 heteroatoms. The molecule has 162 valence electrons. The molecule has 0 spiro atoms. The molecule has 1 aliphatic rings. The van der Waals surface area contributed by atoms with Crippen LogP contribution in [0.1, 0.15) is 12.0 Å². The van der Waals surface area contributed by atoms with Crippen LogP contribution in [0.5, 0.6) is 0 Å². The Kier molecular flexibility index (Phi) is 7.24. The normalized spacial score (nSPS) is 17.0. The molecule has 0 radical (unpaired) electrons. The molecule has 1 saturated heterocycles. The van der Waals surface area contributed by atoms with Crippen LogP contribution in [-0.4, -0.2) is 33.7 Å². The standard InChI is InChI=1S/C25H22ClN3O2S/c26-19-10-7-13-21(16-19)27-23(30)17-22-24(31)29(15-14-18-8-3-1-4-9-18)25(32-22)28-20-11-5-2-6-12-20/h1-13,16,22H,14-15,17H2,(H,27,30)/t22-/m0/s1. The van der Waals surface area contributed by atoms with Crippen LogP contribution in [0.3, 0.4) is 0 Å². The van der Waals surface area contributed by atoms with Gasteiger partial charge in [0.15, 0.2) is 5.17 Å². The minimum atomic E-state index is -0.521. The molecule has 0 saturated carbocycles. The van der Waals surface area contributed by atoms with Crippen molar-refractivity contribution >= 4 is 51.7 Å². The van der Waals surface area contributed by atoms with E-state index >= 15 is 0 Å². The van der Waals surface area contributed by atoms with Crippen LogP contribution in [0, 0.1) is 0 Å². The highest BCUT2D eigenvalue weighted by atomic mass is 35.5. The number of amides is 2. The number of nitrogens with zero attached hydrogens (tertiary/aromatic N) is 2. The number of halogens is 1. The van der Waals surface area contributed by atoms with E-state index in [1.165, 1.54) is 11.8 Å². The van der Waals surface area contributed by atoms with E-state index in [-0.39, 0.29) is 18.2 Å². The maximum absolute atomic E-state index is 13.2. The van der Waals surface area contributed by atoms with Crippen LogP contribution in [0.15, 0.2) is 89.9 Å². The number of benzene rings is 3. The zero-order valence-corrected chi connectivity index (χ0v) is 18.9. The third-order valence-corrected chi connectivity index (χ3v) is 6.36. The molecule has 1 aliphatic heterocycles. The van der Waals surface area contributed by atoms with Crippen LogP contribution in [0.2, 0.25) is 5.02 Å². The molecule has 3 aromatic rings. The van der Waals surface area contributed by atoms with Crippen molar-refractivity contribution in [3.63, 3.8) is 0 Å². The monoisotopic (exact) mass is 463 g/mol. The molecule has 0 aliphatic carbocycles. The molecule has 0 unspecified atom stereocenters. The quantitative estimate of drug-likeness (QED) is 0.500. The largest absolute Gasteiger partial charge is 0.326 e. The van der Waals surface area contributed by atoms with Crippen LogP contribution in [0.4, 0.5) is 11.4 Å². The molecule has 1 atom stereocenters. The number of thioether (sulfide) groups is 1. The number of rotatable bonds is 7. The molecular formula is C25H22ClN3O2S. The van der Waals surface area contributed by atoms with Gasteiger partial charge in [-0.2, -0.15) is 0 Å². The van der Waals surface area contributed by atoms with Crippen LogP contribution in [-0.2, 0) is 16.0 Å². The van der Waals surface area contributed by atoms with Crippen LogP contribution in [0.25, 0.3) is 0 Å². The molecule has 1 heterocycles. The Labute approximate surface area is 196 Å². The lowest BCUT2D eigenvalue weighted by atomic mass is 10.1. The predicted molar refractivity (Wildman–Crippen MR) is 131 cm³/mol. The SMILES string of the molecule is O=C(C[C@@H]1SC(=Nc2ccccc2)N(CCc2ccccc2)C1=O)Nc1cccc(Cl)c1. The molecule has 0 bridgehead atoms. The lowest BCUT2D eigenvalue weighted by molar-refractivity contribution is -0.128. The topological polar surface area (TPSA) is 61.8 Å². The first kappa shape index (κ1) is 22.1. The number of carbonyl (C=O) groups excluding carboxylic acids is 2. The fraction of sp³-hybridized carbons (Fsp3) is 0.160.